The summed E-state index contributed by atoms with van der Waals surface area (Å²) in [6.07, 6.45) is 11.3. The van der Waals surface area contributed by atoms with E-state index in [0.29, 0.717) is 6.04 Å². The number of nitrogens with two attached hydrogens (primary N) is 1. The Balaban J connectivity index is 0. The fourth-order valence-electron chi connectivity index (χ4n) is 2.17. The van der Waals surface area contributed by atoms with Gasteiger partial charge in [0.05, 0.1) is 12.1 Å². The standard InChI is InChI=1S/C16H36N2.BrH/c1-6-7-8-9-10-11-12-13-14-18-15(2)16(3,4)17-5;/h15,17-18H,6-14H2,1-5H3;1H. The van der Waals surface area contributed by atoms with Crippen LogP contribution in [0.15, 0.2) is 0 Å². The van der Waals surface area contributed by atoms with Gasteiger partial charge >= 0.3 is 0 Å². The molecule has 0 amide bonds. The fourth-order valence-corrected chi connectivity index (χ4v) is 2.17. The average molecular weight is 337 g/mol. The van der Waals surface area contributed by atoms with Gasteiger partial charge in [0.15, 0.2) is 0 Å². The Labute approximate surface area is 132 Å². The second-order valence-corrected chi connectivity index (χ2v) is 6.26. The molecule has 0 aromatic rings. The van der Waals surface area contributed by atoms with Gasteiger partial charge in [-0.05, 0) is 40.7 Å². The third kappa shape index (κ3) is 11.9. The van der Waals surface area contributed by atoms with E-state index in [-0.39, 0.29) is 22.5 Å². The van der Waals surface area contributed by atoms with Crippen LogP contribution in [0.4, 0.5) is 0 Å². The van der Waals surface area contributed by atoms with Crippen LogP contribution in [0.1, 0.15) is 79.1 Å². The van der Waals surface area contributed by atoms with Crippen molar-refractivity contribution in [3.63, 3.8) is 0 Å². The molecular formula is C16H37BrN2. The maximum absolute atomic E-state index is 3.39. The Hall–Kier alpha value is 0.400. The Kier molecular flexibility index (Phi) is 15.3. The highest BCUT2D eigenvalue weighted by Crippen LogP contribution is 2.08. The van der Waals surface area contributed by atoms with E-state index in [4.69, 9.17) is 0 Å². The molecule has 0 fully saturated rings. The van der Waals surface area contributed by atoms with Gasteiger partial charge in [-0.25, -0.2) is 0 Å². The molecule has 0 aliphatic heterocycles. The van der Waals surface area contributed by atoms with Crippen LogP contribution < -0.4 is 27.6 Å². The first-order chi connectivity index (χ1) is 8.54. The molecule has 0 radical (unpaired) electrons. The maximum Gasteiger partial charge on any atom is 0.101 e. The Morgan fingerprint density at radius 2 is 1.42 bits per heavy atom. The van der Waals surface area contributed by atoms with Gasteiger partial charge in [-0.3, -0.25) is 0 Å². The zero-order chi connectivity index (χ0) is 13.9. The lowest BCUT2D eigenvalue weighted by molar-refractivity contribution is -0.693. The molecule has 3 heteroatoms. The van der Waals surface area contributed by atoms with Crippen molar-refractivity contribution in [3.8, 4) is 0 Å². The van der Waals surface area contributed by atoms with Gasteiger partial charge in [0.2, 0.25) is 0 Å². The fraction of sp³-hybridized carbons (Fsp3) is 1.00. The summed E-state index contributed by atoms with van der Waals surface area (Å²) in [5.74, 6) is 0. The van der Waals surface area contributed by atoms with E-state index in [1.807, 2.05) is 0 Å². The highest BCUT2D eigenvalue weighted by Gasteiger charge is 2.25. The van der Waals surface area contributed by atoms with E-state index in [1.165, 1.54) is 57.9 Å². The van der Waals surface area contributed by atoms with Crippen molar-refractivity contribution >= 4 is 0 Å². The van der Waals surface area contributed by atoms with Crippen molar-refractivity contribution in [3.05, 3.63) is 0 Å². The maximum atomic E-state index is 3.39. The monoisotopic (exact) mass is 336 g/mol. The molecule has 1 unspecified atom stereocenters. The molecular weight excluding hydrogens is 300 g/mol. The highest BCUT2D eigenvalue weighted by molar-refractivity contribution is 4.80. The molecule has 0 spiro atoms. The van der Waals surface area contributed by atoms with Gasteiger partial charge in [0.1, 0.15) is 6.04 Å². The summed E-state index contributed by atoms with van der Waals surface area (Å²) in [6.45, 7) is 10.4. The SMILES string of the molecule is CCCCCCCCCC[NH2+]C(C)C(C)(C)NC.[Br-]. The van der Waals surface area contributed by atoms with Gasteiger partial charge in [-0.2, -0.15) is 0 Å². The van der Waals surface area contributed by atoms with E-state index >= 15 is 0 Å². The lowest BCUT2D eigenvalue weighted by atomic mass is 9.96. The smallest absolute Gasteiger partial charge is 0.101 e. The van der Waals surface area contributed by atoms with Crippen molar-refractivity contribution in [1.82, 2.24) is 5.32 Å². The molecule has 19 heavy (non-hydrogen) atoms. The summed E-state index contributed by atoms with van der Waals surface area (Å²) in [4.78, 5) is 0. The summed E-state index contributed by atoms with van der Waals surface area (Å²) in [6, 6.07) is 0.645. The van der Waals surface area contributed by atoms with E-state index in [9.17, 15) is 0 Å². The predicted octanol–water partition coefficient (Wildman–Crippen LogP) is 0.0810. The predicted molar refractivity (Wildman–Crippen MR) is 82.0 cm³/mol. The van der Waals surface area contributed by atoms with Gasteiger partial charge < -0.3 is 27.6 Å². The first-order valence-electron chi connectivity index (χ1n) is 8.06. The third-order valence-electron chi connectivity index (χ3n) is 4.36. The van der Waals surface area contributed by atoms with Crippen LogP contribution in [0, 0.1) is 0 Å². The van der Waals surface area contributed by atoms with Crippen LogP contribution >= 0.6 is 0 Å². The van der Waals surface area contributed by atoms with E-state index in [0.717, 1.165) is 0 Å². The van der Waals surface area contributed by atoms with E-state index in [2.05, 4.69) is 45.4 Å². The van der Waals surface area contributed by atoms with E-state index < -0.39 is 0 Å². The van der Waals surface area contributed by atoms with Crippen LogP contribution in [0.2, 0.25) is 0 Å². The minimum atomic E-state index is 0. The van der Waals surface area contributed by atoms with Crippen molar-refractivity contribution in [2.24, 2.45) is 0 Å². The summed E-state index contributed by atoms with van der Waals surface area (Å²) < 4.78 is 0. The third-order valence-corrected chi connectivity index (χ3v) is 4.36. The van der Waals surface area contributed by atoms with Gasteiger partial charge in [-0.15, -0.1) is 0 Å². The molecule has 118 valence electrons. The molecule has 0 bridgehead atoms. The molecule has 3 N–H and O–H groups in total. The van der Waals surface area contributed by atoms with Crippen molar-refractivity contribution in [2.75, 3.05) is 13.6 Å². The number of likely N-dealkylation sites (N-methyl/N-ethyl adjacent to an activating group) is 1. The van der Waals surface area contributed by atoms with Crippen LogP contribution in [0.5, 0.6) is 0 Å². The summed E-state index contributed by atoms with van der Waals surface area (Å²) in [7, 11) is 2.06. The Morgan fingerprint density at radius 1 is 0.947 bits per heavy atom. The minimum absolute atomic E-state index is 0. The van der Waals surface area contributed by atoms with Crippen LogP contribution in [-0.2, 0) is 0 Å². The molecule has 0 aliphatic rings. The second kappa shape index (κ2) is 13.4. The number of unbranched alkanes of at least 4 members (excludes halogenated alkanes) is 7. The summed E-state index contributed by atoms with van der Waals surface area (Å²) >= 11 is 0. The largest absolute Gasteiger partial charge is 1.00 e. The lowest BCUT2D eigenvalue weighted by Crippen LogP contribution is -3.00. The summed E-state index contributed by atoms with van der Waals surface area (Å²) in [5.41, 5.74) is 0.236. The minimum Gasteiger partial charge on any atom is -1.00 e. The number of hydrogen-bond donors (Lipinski definition) is 2. The number of rotatable bonds is 12. The van der Waals surface area contributed by atoms with Crippen molar-refractivity contribution < 1.29 is 22.3 Å². The number of hydrogen-bond acceptors (Lipinski definition) is 1. The Bertz CT molecular complexity index is 184. The van der Waals surface area contributed by atoms with Gasteiger partial charge in [0.25, 0.3) is 0 Å². The number of halogens is 1. The quantitative estimate of drug-likeness (QED) is 0.485. The molecule has 0 saturated carbocycles. The second-order valence-electron chi connectivity index (χ2n) is 6.26. The number of nitrogens with one attached hydrogen (secondary N) is 1. The molecule has 1 atom stereocenters. The normalized spacial score (nSPS) is 13.1. The zero-order valence-electron chi connectivity index (χ0n) is 13.9. The first kappa shape index (κ1) is 21.7. The van der Waals surface area contributed by atoms with Crippen molar-refractivity contribution in [1.29, 1.82) is 0 Å². The summed E-state index contributed by atoms with van der Waals surface area (Å²) in [5, 5.41) is 5.88. The molecule has 0 aliphatic carbocycles. The Morgan fingerprint density at radius 3 is 1.89 bits per heavy atom. The van der Waals surface area contributed by atoms with E-state index in [1.54, 1.807) is 0 Å². The molecule has 0 aromatic carbocycles. The van der Waals surface area contributed by atoms with Gasteiger partial charge in [0, 0.05) is 0 Å². The van der Waals surface area contributed by atoms with Crippen LogP contribution in [0.3, 0.4) is 0 Å². The average Bonchev–Trinajstić information content (AvgIpc) is 2.36. The van der Waals surface area contributed by atoms with Crippen molar-refractivity contribution in [2.45, 2.75) is 90.6 Å². The zero-order valence-corrected chi connectivity index (χ0v) is 15.5. The molecule has 0 saturated heterocycles. The first-order valence-corrected chi connectivity index (χ1v) is 8.06. The molecule has 0 heterocycles. The lowest BCUT2D eigenvalue weighted by Gasteiger charge is -2.29. The highest BCUT2D eigenvalue weighted by atomic mass is 79.9. The van der Waals surface area contributed by atoms with Crippen LogP contribution in [-0.4, -0.2) is 25.2 Å². The topological polar surface area (TPSA) is 28.6 Å². The van der Waals surface area contributed by atoms with Gasteiger partial charge in [-0.1, -0.05) is 45.4 Å². The van der Waals surface area contributed by atoms with Crippen LogP contribution in [0.25, 0.3) is 0 Å². The molecule has 2 nitrogen and oxygen atoms in total. The molecule has 0 aromatic heterocycles. The molecule has 0 rings (SSSR count). The number of quaternary nitrogens is 1.